The lowest BCUT2D eigenvalue weighted by molar-refractivity contribution is 0.0999. The van der Waals surface area contributed by atoms with Gasteiger partial charge in [0.1, 0.15) is 11.6 Å². The maximum Gasteiger partial charge on any atom is 0.249 e. The molecule has 3 N–H and O–H groups in total. The molecule has 0 aliphatic rings. The highest BCUT2D eigenvalue weighted by Gasteiger charge is 2.07. The van der Waals surface area contributed by atoms with Crippen LogP contribution < -0.4 is 11.1 Å². The molecule has 0 heterocycles. The summed E-state index contributed by atoms with van der Waals surface area (Å²) in [6, 6.07) is 10.2. The van der Waals surface area contributed by atoms with Crippen molar-refractivity contribution in [2.24, 2.45) is 5.73 Å². The number of carbonyl (C=O) groups is 1. The van der Waals surface area contributed by atoms with Crippen LogP contribution in [0.15, 0.2) is 42.5 Å². The van der Waals surface area contributed by atoms with Crippen LogP contribution in [0.4, 0.5) is 8.78 Å². The summed E-state index contributed by atoms with van der Waals surface area (Å²) in [6.07, 6.45) is 0. The van der Waals surface area contributed by atoms with Gasteiger partial charge >= 0.3 is 0 Å². The molecule has 0 saturated carbocycles. The first kappa shape index (κ1) is 14.1. The van der Waals surface area contributed by atoms with Crippen molar-refractivity contribution in [3.8, 4) is 0 Å². The molecule has 2 aromatic carbocycles. The van der Waals surface area contributed by atoms with E-state index in [4.69, 9.17) is 5.73 Å². The zero-order valence-electron chi connectivity index (χ0n) is 10.7. The van der Waals surface area contributed by atoms with Gasteiger partial charge in [0.05, 0.1) is 0 Å². The molecule has 2 rings (SSSR count). The number of carbonyl (C=O) groups excluding carboxylic acids is 1. The smallest absolute Gasteiger partial charge is 0.249 e. The van der Waals surface area contributed by atoms with Gasteiger partial charge in [0, 0.05) is 24.2 Å². The quantitative estimate of drug-likeness (QED) is 0.880. The van der Waals surface area contributed by atoms with Crippen LogP contribution in [0.5, 0.6) is 0 Å². The summed E-state index contributed by atoms with van der Waals surface area (Å²) in [6.45, 7) is 0.506. The van der Waals surface area contributed by atoms with E-state index in [1.165, 1.54) is 0 Å². The molecule has 0 aromatic heterocycles. The fourth-order valence-corrected chi connectivity index (χ4v) is 1.93. The summed E-state index contributed by atoms with van der Waals surface area (Å²) in [5, 5.41) is 2.97. The Kier molecular flexibility index (Phi) is 4.42. The van der Waals surface area contributed by atoms with Crippen molar-refractivity contribution in [3.63, 3.8) is 0 Å². The molecule has 0 fully saturated rings. The first-order valence-corrected chi connectivity index (χ1v) is 6.10. The van der Waals surface area contributed by atoms with Crippen molar-refractivity contribution in [3.05, 3.63) is 70.8 Å². The zero-order chi connectivity index (χ0) is 14.5. The molecule has 1 amide bonds. The van der Waals surface area contributed by atoms with Crippen molar-refractivity contribution in [2.75, 3.05) is 0 Å². The van der Waals surface area contributed by atoms with Gasteiger partial charge in [-0.1, -0.05) is 18.2 Å². The largest absolute Gasteiger partial charge is 0.366 e. The van der Waals surface area contributed by atoms with Crippen LogP contribution in [0, 0.1) is 11.6 Å². The molecule has 0 atom stereocenters. The number of primary amides is 1. The Morgan fingerprint density at radius 1 is 1.05 bits per heavy atom. The maximum atomic E-state index is 13.4. The third-order valence-electron chi connectivity index (χ3n) is 2.92. The Morgan fingerprint density at radius 2 is 1.75 bits per heavy atom. The summed E-state index contributed by atoms with van der Waals surface area (Å²) in [5.74, 6) is -1.47. The molecule has 104 valence electrons. The van der Waals surface area contributed by atoms with Gasteiger partial charge < -0.3 is 11.1 Å². The van der Waals surface area contributed by atoms with Crippen molar-refractivity contribution in [2.45, 2.75) is 13.1 Å². The van der Waals surface area contributed by atoms with E-state index in [9.17, 15) is 13.6 Å². The molecule has 5 heteroatoms. The maximum absolute atomic E-state index is 13.4. The summed E-state index contributed by atoms with van der Waals surface area (Å²) in [4.78, 5) is 11.2. The summed E-state index contributed by atoms with van der Waals surface area (Å²) < 4.78 is 26.4. The first-order chi connectivity index (χ1) is 9.58. The van der Waals surface area contributed by atoms with E-state index in [1.54, 1.807) is 24.3 Å². The fourth-order valence-electron chi connectivity index (χ4n) is 1.93. The minimum absolute atomic E-state index is 0.163. The van der Waals surface area contributed by atoms with Crippen molar-refractivity contribution < 1.29 is 13.6 Å². The van der Waals surface area contributed by atoms with Crippen LogP contribution in [0.3, 0.4) is 0 Å². The number of nitrogens with one attached hydrogen (secondary N) is 1. The van der Waals surface area contributed by atoms with Crippen LogP contribution in [0.2, 0.25) is 0 Å². The molecule has 0 unspecified atom stereocenters. The van der Waals surface area contributed by atoms with Gasteiger partial charge in [-0.2, -0.15) is 0 Å². The van der Waals surface area contributed by atoms with Gasteiger partial charge in [-0.05, 0) is 29.8 Å². The highest BCUT2D eigenvalue weighted by Crippen LogP contribution is 2.11. The normalized spacial score (nSPS) is 10.5. The second kappa shape index (κ2) is 6.25. The van der Waals surface area contributed by atoms with Crippen LogP contribution in [-0.2, 0) is 13.1 Å². The molecule has 0 aliphatic carbocycles. The predicted octanol–water partition coefficient (Wildman–Crippen LogP) is 2.35. The van der Waals surface area contributed by atoms with Crippen LogP contribution in [0.1, 0.15) is 21.5 Å². The monoisotopic (exact) mass is 276 g/mol. The van der Waals surface area contributed by atoms with E-state index in [0.717, 1.165) is 23.8 Å². The number of benzene rings is 2. The van der Waals surface area contributed by atoms with Gasteiger partial charge in [-0.3, -0.25) is 4.79 Å². The zero-order valence-corrected chi connectivity index (χ0v) is 10.7. The number of hydrogen-bond acceptors (Lipinski definition) is 2. The molecular weight excluding hydrogens is 262 g/mol. The molecule has 0 aliphatic heterocycles. The number of amides is 1. The molecule has 0 radical (unpaired) electrons. The summed E-state index contributed by atoms with van der Waals surface area (Å²) in [5.41, 5.74) is 6.64. The minimum atomic E-state index is -0.515. The molecular formula is C15H14F2N2O. The minimum Gasteiger partial charge on any atom is -0.366 e. The Balaban J connectivity index is 2.03. The topological polar surface area (TPSA) is 55.1 Å². The molecule has 20 heavy (non-hydrogen) atoms. The Hall–Kier alpha value is -2.27. The summed E-state index contributed by atoms with van der Waals surface area (Å²) in [7, 11) is 0. The fraction of sp³-hybridized carbons (Fsp3) is 0.133. The second-order valence-electron chi connectivity index (χ2n) is 4.36. The number of halogens is 2. The SMILES string of the molecule is NC(=O)c1ccccc1CNCc1cc(F)ccc1F. The standard InChI is InChI=1S/C15H14F2N2O/c16-12-5-6-14(17)11(7-12)9-19-8-10-3-1-2-4-13(10)15(18)20/h1-7,19H,8-9H2,(H2,18,20). The van der Waals surface area contributed by atoms with E-state index >= 15 is 0 Å². The summed E-state index contributed by atoms with van der Waals surface area (Å²) >= 11 is 0. The third kappa shape index (κ3) is 3.39. The number of hydrogen-bond donors (Lipinski definition) is 2. The van der Waals surface area contributed by atoms with Gasteiger partial charge in [-0.25, -0.2) is 8.78 Å². The van der Waals surface area contributed by atoms with Crippen LogP contribution in [-0.4, -0.2) is 5.91 Å². The second-order valence-corrected chi connectivity index (χ2v) is 4.36. The lowest BCUT2D eigenvalue weighted by Crippen LogP contribution is -2.19. The number of nitrogens with two attached hydrogens (primary N) is 1. The molecule has 0 spiro atoms. The predicted molar refractivity (Wildman–Crippen MR) is 71.9 cm³/mol. The highest BCUT2D eigenvalue weighted by atomic mass is 19.1. The molecule has 3 nitrogen and oxygen atoms in total. The Labute approximate surface area is 115 Å². The average Bonchev–Trinajstić information content (AvgIpc) is 2.43. The van der Waals surface area contributed by atoms with Crippen LogP contribution >= 0.6 is 0 Å². The number of rotatable bonds is 5. The van der Waals surface area contributed by atoms with Gasteiger partial charge in [0.25, 0.3) is 0 Å². The van der Waals surface area contributed by atoms with E-state index in [2.05, 4.69) is 5.32 Å². The Bertz CT molecular complexity index is 629. The average molecular weight is 276 g/mol. The van der Waals surface area contributed by atoms with E-state index in [0.29, 0.717) is 12.1 Å². The van der Waals surface area contributed by atoms with Gasteiger partial charge in [0.2, 0.25) is 5.91 Å². The Morgan fingerprint density at radius 3 is 2.50 bits per heavy atom. The lowest BCUT2D eigenvalue weighted by Gasteiger charge is -2.09. The van der Waals surface area contributed by atoms with Crippen LogP contribution in [0.25, 0.3) is 0 Å². The van der Waals surface area contributed by atoms with E-state index in [-0.39, 0.29) is 12.1 Å². The van der Waals surface area contributed by atoms with Gasteiger partial charge in [0.15, 0.2) is 0 Å². The molecule has 0 bridgehead atoms. The first-order valence-electron chi connectivity index (χ1n) is 6.10. The molecule has 0 saturated heterocycles. The van der Waals surface area contributed by atoms with Crippen molar-refractivity contribution in [1.29, 1.82) is 0 Å². The van der Waals surface area contributed by atoms with E-state index < -0.39 is 17.5 Å². The lowest BCUT2D eigenvalue weighted by atomic mass is 10.1. The third-order valence-corrected chi connectivity index (χ3v) is 2.92. The van der Waals surface area contributed by atoms with Gasteiger partial charge in [-0.15, -0.1) is 0 Å². The van der Waals surface area contributed by atoms with Crippen molar-refractivity contribution >= 4 is 5.91 Å². The van der Waals surface area contributed by atoms with E-state index in [1.807, 2.05) is 0 Å². The van der Waals surface area contributed by atoms with Crippen molar-refractivity contribution in [1.82, 2.24) is 5.32 Å². The highest BCUT2D eigenvalue weighted by molar-refractivity contribution is 5.94. The molecule has 2 aromatic rings.